The fourth-order valence-corrected chi connectivity index (χ4v) is 4.38. The molecule has 0 aliphatic carbocycles. The third kappa shape index (κ3) is 3.92. The van der Waals surface area contributed by atoms with Crippen molar-refractivity contribution in [1.82, 2.24) is 30.1 Å². The van der Waals surface area contributed by atoms with Crippen molar-refractivity contribution >= 4 is 27.8 Å². The number of hydrogen-bond acceptors (Lipinski definition) is 6. The highest BCUT2D eigenvalue weighted by atomic mass is 16.5. The number of aromatic nitrogens is 6. The number of para-hydroxylation sites is 1. The van der Waals surface area contributed by atoms with Crippen molar-refractivity contribution < 1.29 is 4.74 Å². The minimum Gasteiger partial charge on any atom is -0.497 e. The predicted molar refractivity (Wildman–Crippen MR) is 143 cm³/mol. The average molecular weight is 476 g/mol. The Morgan fingerprint density at radius 1 is 0.861 bits per heavy atom. The van der Waals surface area contributed by atoms with Crippen LogP contribution in [0.1, 0.15) is 13.8 Å². The molecule has 8 heteroatoms. The molecule has 6 rings (SSSR count). The number of ether oxygens (including phenoxy) is 1. The van der Waals surface area contributed by atoms with Gasteiger partial charge in [0.05, 0.1) is 35.0 Å². The fraction of sp³-hybridized carbons (Fsp3) is 0.143. The molecule has 4 heterocycles. The molecule has 0 atom stereocenters. The largest absolute Gasteiger partial charge is 0.497 e. The molecule has 0 saturated carbocycles. The van der Waals surface area contributed by atoms with Crippen molar-refractivity contribution in [1.29, 1.82) is 0 Å². The molecule has 0 saturated heterocycles. The molecule has 0 bridgehead atoms. The molecule has 36 heavy (non-hydrogen) atoms. The molecule has 0 fully saturated rings. The minimum absolute atomic E-state index is 0.313. The minimum atomic E-state index is 0.313. The SMILES string of the molecule is COc1cccc(-c2cccc3[nH]c(-c4n[nH]c5ccc(-c6cncc(NC(C)C)c6)nc45)nc23)c1. The third-order valence-electron chi connectivity index (χ3n) is 6.01. The molecule has 2 aromatic carbocycles. The quantitative estimate of drug-likeness (QED) is 0.270. The van der Waals surface area contributed by atoms with Gasteiger partial charge in [0, 0.05) is 29.6 Å². The fourth-order valence-electron chi connectivity index (χ4n) is 4.38. The monoisotopic (exact) mass is 475 g/mol. The summed E-state index contributed by atoms with van der Waals surface area (Å²) >= 11 is 0. The summed E-state index contributed by atoms with van der Waals surface area (Å²) in [5, 5.41) is 11.0. The molecular weight excluding hydrogens is 450 g/mol. The van der Waals surface area contributed by atoms with Gasteiger partial charge in [0.2, 0.25) is 0 Å². The number of nitrogens with one attached hydrogen (secondary N) is 3. The Hall–Kier alpha value is -4.72. The Balaban J connectivity index is 1.44. The van der Waals surface area contributed by atoms with Crippen LogP contribution in [0.2, 0.25) is 0 Å². The first-order chi connectivity index (χ1) is 17.6. The van der Waals surface area contributed by atoms with Crippen molar-refractivity contribution in [3.8, 4) is 39.7 Å². The Morgan fingerprint density at radius 3 is 2.61 bits per heavy atom. The van der Waals surface area contributed by atoms with Gasteiger partial charge >= 0.3 is 0 Å². The molecule has 0 aliphatic heterocycles. The lowest BCUT2D eigenvalue weighted by Crippen LogP contribution is -2.09. The number of rotatable bonds is 6. The van der Waals surface area contributed by atoms with E-state index >= 15 is 0 Å². The Labute approximate surface area is 207 Å². The molecule has 8 nitrogen and oxygen atoms in total. The normalized spacial score (nSPS) is 11.4. The van der Waals surface area contributed by atoms with Crippen LogP contribution in [0.5, 0.6) is 5.75 Å². The summed E-state index contributed by atoms with van der Waals surface area (Å²) < 4.78 is 5.42. The second kappa shape index (κ2) is 8.81. The zero-order valence-corrected chi connectivity index (χ0v) is 20.2. The van der Waals surface area contributed by atoms with Crippen LogP contribution in [0.15, 0.2) is 73.1 Å². The van der Waals surface area contributed by atoms with Crippen LogP contribution in [0.25, 0.3) is 56.0 Å². The van der Waals surface area contributed by atoms with Crippen LogP contribution in [0, 0.1) is 0 Å². The Kier molecular flexibility index (Phi) is 5.33. The topological polar surface area (TPSA) is 104 Å². The van der Waals surface area contributed by atoms with E-state index < -0.39 is 0 Å². The van der Waals surface area contributed by atoms with Gasteiger partial charge in [-0.2, -0.15) is 5.10 Å². The van der Waals surface area contributed by atoms with Crippen LogP contribution in [0.3, 0.4) is 0 Å². The van der Waals surface area contributed by atoms with E-state index in [1.54, 1.807) is 7.11 Å². The smallest absolute Gasteiger partial charge is 0.161 e. The van der Waals surface area contributed by atoms with Crippen LogP contribution < -0.4 is 10.1 Å². The lowest BCUT2D eigenvalue weighted by Gasteiger charge is -2.10. The molecule has 178 valence electrons. The average Bonchev–Trinajstić information content (AvgIpc) is 3.52. The second-order valence-electron chi connectivity index (χ2n) is 8.95. The lowest BCUT2D eigenvalue weighted by molar-refractivity contribution is 0.415. The number of fused-ring (bicyclic) bond motifs is 2. The first-order valence-electron chi connectivity index (χ1n) is 11.8. The number of nitrogens with zero attached hydrogens (tertiary/aromatic N) is 4. The zero-order valence-electron chi connectivity index (χ0n) is 20.2. The van der Waals surface area contributed by atoms with Crippen LogP contribution in [0.4, 0.5) is 5.69 Å². The number of benzene rings is 2. The maximum atomic E-state index is 5.42. The van der Waals surface area contributed by atoms with E-state index in [2.05, 4.69) is 57.5 Å². The highest BCUT2D eigenvalue weighted by Gasteiger charge is 2.17. The number of pyridine rings is 2. The molecule has 0 amide bonds. The van der Waals surface area contributed by atoms with Crippen molar-refractivity contribution in [2.24, 2.45) is 0 Å². The number of imidazole rings is 1. The first kappa shape index (κ1) is 21.8. The molecule has 0 aliphatic rings. The predicted octanol–water partition coefficient (Wildman–Crippen LogP) is 6.06. The van der Waals surface area contributed by atoms with E-state index in [-0.39, 0.29) is 0 Å². The van der Waals surface area contributed by atoms with Gasteiger partial charge in [0.15, 0.2) is 11.5 Å². The zero-order chi connectivity index (χ0) is 24.6. The van der Waals surface area contributed by atoms with Crippen LogP contribution in [-0.2, 0) is 0 Å². The number of anilines is 1. The third-order valence-corrected chi connectivity index (χ3v) is 6.01. The molecule has 4 aromatic heterocycles. The van der Waals surface area contributed by atoms with Crippen LogP contribution >= 0.6 is 0 Å². The summed E-state index contributed by atoms with van der Waals surface area (Å²) in [4.78, 5) is 17.7. The standard InChI is InChI=1S/C28H25N7O/c1-16(2)30-19-12-18(14-29-15-19)22-10-11-24-26(31-22)27(35-34-24)28-32-23-9-5-8-21(25(23)33-28)17-6-4-7-20(13-17)36-3/h4-16,30H,1-3H3,(H,32,33)(H,34,35). The summed E-state index contributed by atoms with van der Waals surface area (Å²) in [6, 6.07) is 20.4. The highest BCUT2D eigenvalue weighted by molar-refractivity contribution is 5.96. The maximum Gasteiger partial charge on any atom is 0.161 e. The lowest BCUT2D eigenvalue weighted by atomic mass is 10.0. The van der Waals surface area contributed by atoms with E-state index in [0.29, 0.717) is 17.6 Å². The summed E-state index contributed by atoms with van der Waals surface area (Å²) in [5.74, 6) is 1.46. The van der Waals surface area contributed by atoms with E-state index in [9.17, 15) is 0 Å². The van der Waals surface area contributed by atoms with E-state index in [1.165, 1.54) is 0 Å². The first-order valence-corrected chi connectivity index (χ1v) is 11.8. The van der Waals surface area contributed by atoms with E-state index in [1.807, 2.05) is 54.9 Å². The van der Waals surface area contributed by atoms with Crippen molar-refractivity contribution in [2.75, 3.05) is 12.4 Å². The van der Waals surface area contributed by atoms with Gasteiger partial charge in [-0.25, -0.2) is 9.97 Å². The second-order valence-corrected chi connectivity index (χ2v) is 8.95. The molecule has 0 radical (unpaired) electrons. The van der Waals surface area contributed by atoms with Gasteiger partial charge in [-0.3, -0.25) is 10.1 Å². The van der Waals surface area contributed by atoms with Crippen molar-refractivity contribution in [2.45, 2.75) is 19.9 Å². The van der Waals surface area contributed by atoms with Gasteiger partial charge in [-0.15, -0.1) is 0 Å². The number of H-pyrrole nitrogens is 2. The molecule has 6 aromatic rings. The van der Waals surface area contributed by atoms with Gasteiger partial charge in [-0.1, -0.05) is 24.3 Å². The molecular formula is C28H25N7O. The van der Waals surface area contributed by atoms with Crippen molar-refractivity contribution in [3.63, 3.8) is 0 Å². The van der Waals surface area contributed by atoms with Gasteiger partial charge in [0.25, 0.3) is 0 Å². The highest BCUT2D eigenvalue weighted by Crippen LogP contribution is 2.33. The molecule has 0 unspecified atom stereocenters. The summed E-state index contributed by atoms with van der Waals surface area (Å²) in [7, 11) is 1.67. The number of aromatic amines is 2. The van der Waals surface area contributed by atoms with Gasteiger partial charge in [-0.05, 0) is 55.8 Å². The molecule has 0 spiro atoms. The van der Waals surface area contributed by atoms with Gasteiger partial charge in [0.1, 0.15) is 11.3 Å². The van der Waals surface area contributed by atoms with Crippen molar-refractivity contribution in [3.05, 3.63) is 73.1 Å². The molecule has 3 N–H and O–H groups in total. The summed E-state index contributed by atoms with van der Waals surface area (Å²) in [6.07, 6.45) is 3.64. The number of methoxy groups -OCH3 is 1. The summed E-state index contributed by atoms with van der Waals surface area (Å²) in [5.41, 5.74) is 8.80. The van der Waals surface area contributed by atoms with E-state index in [0.717, 1.165) is 55.9 Å². The van der Waals surface area contributed by atoms with Gasteiger partial charge < -0.3 is 15.0 Å². The number of hydrogen-bond donors (Lipinski definition) is 3. The maximum absolute atomic E-state index is 5.42. The summed E-state index contributed by atoms with van der Waals surface area (Å²) in [6.45, 7) is 4.20. The Bertz CT molecular complexity index is 1700. The Morgan fingerprint density at radius 2 is 1.75 bits per heavy atom. The van der Waals surface area contributed by atoms with E-state index in [4.69, 9.17) is 14.7 Å². The van der Waals surface area contributed by atoms with Crippen LogP contribution in [-0.4, -0.2) is 43.3 Å².